The Morgan fingerprint density at radius 2 is 2.16 bits per heavy atom. The van der Waals surface area contributed by atoms with Gasteiger partial charge in [-0.2, -0.15) is 13.2 Å². The molecule has 1 aromatic heterocycles. The fourth-order valence-electron chi connectivity index (χ4n) is 1.75. The van der Waals surface area contributed by atoms with E-state index in [-0.39, 0.29) is 16.9 Å². The van der Waals surface area contributed by atoms with E-state index in [4.69, 9.17) is 11.6 Å². The Labute approximate surface area is 111 Å². The molecule has 1 aliphatic rings. The Morgan fingerprint density at radius 1 is 1.47 bits per heavy atom. The topological polar surface area (TPSA) is 58.1 Å². The summed E-state index contributed by atoms with van der Waals surface area (Å²) in [6.07, 6.45) is -4.18. The summed E-state index contributed by atoms with van der Waals surface area (Å²) in [5.74, 6) is -1.63. The van der Waals surface area contributed by atoms with Crippen LogP contribution in [0.2, 0.25) is 5.15 Å². The molecule has 0 bridgehead atoms. The summed E-state index contributed by atoms with van der Waals surface area (Å²) in [7, 11) is 1.62. The number of anilines is 1. The molecule has 1 saturated heterocycles. The Morgan fingerprint density at radius 3 is 2.68 bits per heavy atom. The van der Waals surface area contributed by atoms with Crippen molar-refractivity contribution in [2.75, 3.05) is 18.9 Å². The van der Waals surface area contributed by atoms with Gasteiger partial charge < -0.3 is 10.2 Å². The van der Waals surface area contributed by atoms with E-state index in [1.54, 1.807) is 7.05 Å². The fourth-order valence-corrected chi connectivity index (χ4v) is 1.94. The molecule has 1 fully saturated rings. The number of hydrogen-bond acceptors (Lipinski definition) is 4. The Hall–Kier alpha value is -1.57. The van der Waals surface area contributed by atoms with Gasteiger partial charge in [0.1, 0.15) is 17.0 Å². The highest BCUT2D eigenvalue weighted by molar-refractivity contribution is 6.29. The molecular weight excluding hydrogens is 285 g/mol. The Bertz CT molecular complexity index is 508. The van der Waals surface area contributed by atoms with E-state index in [9.17, 15) is 18.0 Å². The van der Waals surface area contributed by atoms with Crippen molar-refractivity contribution in [3.63, 3.8) is 0 Å². The van der Waals surface area contributed by atoms with E-state index >= 15 is 0 Å². The van der Waals surface area contributed by atoms with Crippen LogP contribution in [0.3, 0.4) is 0 Å². The number of carbonyl (C=O) groups is 1. The zero-order valence-electron chi connectivity index (χ0n) is 9.83. The second-order valence-electron chi connectivity index (χ2n) is 4.14. The van der Waals surface area contributed by atoms with Gasteiger partial charge in [-0.25, -0.2) is 9.97 Å². The van der Waals surface area contributed by atoms with Crippen LogP contribution in [0.4, 0.5) is 19.0 Å². The number of alkyl halides is 3. The third-order valence-electron chi connectivity index (χ3n) is 2.70. The number of nitrogens with one attached hydrogen (secondary N) is 1. The zero-order chi connectivity index (χ0) is 14.2. The van der Waals surface area contributed by atoms with Crippen molar-refractivity contribution in [1.29, 1.82) is 0 Å². The maximum absolute atomic E-state index is 12.5. The van der Waals surface area contributed by atoms with Crippen LogP contribution in [0.5, 0.6) is 0 Å². The number of carbonyl (C=O) groups excluding carboxylic acids is 1. The van der Waals surface area contributed by atoms with Crippen LogP contribution >= 0.6 is 11.6 Å². The average molecular weight is 295 g/mol. The summed E-state index contributed by atoms with van der Waals surface area (Å²) < 4.78 is 37.5. The van der Waals surface area contributed by atoms with Crippen molar-refractivity contribution in [1.82, 2.24) is 14.9 Å². The number of likely N-dealkylation sites (N-methyl/N-ethyl adjacent to an activating group) is 1. The molecule has 2 rings (SSSR count). The summed E-state index contributed by atoms with van der Waals surface area (Å²) in [6, 6.07) is 0.569. The third-order valence-corrected chi connectivity index (χ3v) is 2.89. The van der Waals surface area contributed by atoms with Gasteiger partial charge in [0.15, 0.2) is 0 Å². The van der Waals surface area contributed by atoms with E-state index in [0.717, 1.165) is 6.07 Å². The molecule has 19 heavy (non-hydrogen) atoms. The second-order valence-corrected chi connectivity index (χ2v) is 4.53. The average Bonchev–Trinajstić information content (AvgIpc) is 2.59. The first-order valence-corrected chi connectivity index (χ1v) is 5.78. The molecule has 1 aromatic rings. The van der Waals surface area contributed by atoms with Crippen molar-refractivity contribution < 1.29 is 18.0 Å². The van der Waals surface area contributed by atoms with Crippen LogP contribution in [0, 0.1) is 0 Å². The SMILES string of the molecule is CN1CCC(Nc2cc(Cl)nc(C(F)(F)F)n2)C1=O. The predicted molar refractivity (Wildman–Crippen MR) is 61.7 cm³/mol. The largest absolute Gasteiger partial charge is 0.451 e. The minimum atomic E-state index is -4.68. The molecular formula is C10H10ClF3N4O. The smallest absolute Gasteiger partial charge is 0.358 e. The van der Waals surface area contributed by atoms with Crippen LogP contribution in [-0.4, -0.2) is 40.4 Å². The van der Waals surface area contributed by atoms with Gasteiger partial charge in [0.05, 0.1) is 0 Å². The van der Waals surface area contributed by atoms with Crippen LogP contribution in [0.25, 0.3) is 0 Å². The van der Waals surface area contributed by atoms with Crippen LogP contribution in [0.1, 0.15) is 12.2 Å². The molecule has 0 aromatic carbocycles. The van der Waals surface area contributed by atoms with Gasteiger partial charge >= 0.3 is 6.18 Å². The summed E-state index contributed by atoms with van der Waals surface area (Å²) >= 11 is 5.52. The number of amides is 1. The highest BCUT2D eigenvalue weighted by Gasteiger charge is 2.36. The van der Waals surface area contributed by atoms with Gasteiger partial charge in [-0.05, 0) is 6.42 Å². The van der Waals surface area contributed by atoms with Crippen LogP contribution in [-0.2, 0) is 11.0 Å². The lowest BCUT2D eigenvalue weighted by Gasteiger charge is -2.14. The third kappa shape index (κ3) is 3.06. The van der Waals surface area contributed by atoms with Gasteiger partial charge in [0.25, 0.3) is 0 Å². The summed E-state index contributed by atoms with van der Waals surface area (Å²) in [5, 5.41) is 2.32. The molecule has 0 radical (unpaired) electrons. The van der Waals surface area contributed by atoms with E-state index < -0.39 is 18.0 Å². The lowest BCUT2D eigenvalue weighted by atomic mass is 10.2. The first-order chi connectivity index (χ1) is 8.77. The molecule has 0 aliphatic carbocycles. The number of nitrogens with zero attached hydrogens (tertiary/aromatic N) is 3. The Kier molecular flexibility index (Phi) is 3.53. The fraction of sp³-hybridized carbons (Fsp3) is 0.500. The van der Waals surface area contributed by atoms with E-state index in [1.165, 1.54) is 4.90 Å². The highest BCUT2D eigenvalue weighted by Crippen LogP contribution is 2.28. The van der Waals surface area contributed by atoms with Crippen LogP contribution < -0.4 is 5.32 Å². The molecule has 1 amide bonds. The molecule has 9 heteroatoms. The predicted octanol–water partition coefficient (Wildman–Crippen LogP) is 1.79. The first-order valence-electron chi connectivity index (χ1n) is 5.40. The van der Waals surface area contributed by atoms with Crippen molar-refractivity contribution in [3.05, 3.63) is 17.0 Å². The number of hydrogen-bond donors (Lipinski definition) is 1. The Balaban J connectivity index is 2.22. The summed E-state index contributed by atoms with van der Waals surface area (Å²) in [4.78, 5) is 19.6. The lowest BCUT2D eigenvalue weighted by molar-refractivity contribution is -0.144. The van der Waals surface area contributed by atoms with E-state index in [1.807, 2.05) is 0 Å². The monoisotopic (exact) mass is 294 g/mol. The molecule has 5 nitrogen and oxygen atoms in total. The van der Waals surface area contributed by atoms with E-state index in [0.29, 0.717) is 13.0 Å². The first kappa shape index (κ1) is 13.9. The van der Waals surface area contributed by atoms with Gasteiger partial charge in [0.2, 0.25) is 11.7 Å². The van der Waals surface area contributed by atoms with Gasteiger partial charge in [-0.3, -0.25) is 4.79 Å². The quantitative estimate of drug-likeness (QED) is 0.845. The summed E-state index contributed by atoms with van der Waals surface area (Å²) in [5.41, 5.74) is 0. The normalized spacial score (nSPS) is 19.9. The second kappa shape index (κ2) is 4.84. The van der Waals surface area contributed by atoms with Crippen molar-refractivity contribution in [2.24, 2.45) is 0 Å². The van der Waals surface area contributed by atoms with E-state index in [2.05, 4.69) is 15.3 Å². The lowest BCUT2D eigenvalue weighted by Crippen LogP contribution is -2.31. The van der Waals surface area contributed by atoms with Gasteiger partial charge in [0, 0.05) is 19.7 Å². The number of rotatable bonds is 2. The summed E-state index contributed by atoms with van der Waals surface area (Å²) in [6.45, 7) is 0.543. The number of likely N-dealkylation sites (tertiary alicyclic amines) is 1. The standard InChI is InChI=1S/C10H10ClF3N4O/c1-18-3-2-5(8(18)19)15-7-4-6(11)16-9(17-7)10(12,13)14/h4-5H,2-3H2,1H3,(H,15,16,17). The minimum Gasteiger partial charge on any atom is -0.358 e. The number of halogens is 4. The minimum absolute atomic E-state index is 0.110. The molecule has 1 N–H and O–H groups in total. The molecule has 104 valence electrons. The number of aromatic nitrogens is 2. The van der Waals surface area contributed by atoms with Gasteiger partial charge in [-0.1, -0.05) is 11.6 Å². The molecule has 1 aliphatic heterocycles. The highest BCUT2D eigenvalue weighted by atomic mass is 35.5. The van der Waals surface area contributed by atoms with Crippen LogP contribution in [0.15, 0.2) is 6.07 Å². The molecule has 2 heterocycles. The maximum atomic E-state index is 12.5. The molecule has 1 atom stereocenters. The maximum Gasteiger partial charge on any atom is 0.451 e. The molecule has 0 saturated carbocycles. The van der Waals surface area contributed by atoms with Crippen molar-refractivity contribution >= 4 is 23.3 Å². The van der Waals surface area contributed by atoms with Crippen molar-refractivity contribution in [2.45, 2.75) is 18.6 Å². The molecule has 0 spiro atoms. The zero-order valence-corrected chi connectivity index (χ0v) is 10.6. The van der Waals surface area contributed by atoms with Crippen molar-refractivity contribution in [3.8, 4) is 0 Å². The molecule has 1 unspecified atom stereocenters. The van der Waals surface area contributed by atoms with Gasteiger partial charge in [-0.15, -0.1) is 0 Å².